The molecule has 0 bridgehead atoms. The van der Waals surface area contributed by atoms with Crippen molar-refractivity contribution in [2.75, 3.05) is 20.3 Å². The van der Waals surface area contributed by atoms with Gasteiger partial charge in [0, 0.05) is 32.6 Å². The first-order valence-corrected chi connectivity index (χ1v) is 7.86. The molecule has 0 aliphatic rings. The monoisotopic (exact) mass is 315 g/mol. The average molecular weight is 315 g/mol. The van der Waals surface area contributed by atoms with Gasteiger partial charge in [0.15, 0.2) is 5.96 Å². The lowest BCUT2D eigenvalue weighted by atomic mass is 10.1. The van der Waals surface area contributed by atoms with Crippen molar-refractivity contribution in [2.24, 2.45) is 10.7 Å². The van der Waals surface area contributed by atoms with E-state index in [-0.39, 0.29) is 0 Å². The van der Waals surface area contributed by atoms with Crippen LogP contribution < -0.4 is 11.1 Å². The summed E-state index contributed by atoms with van der Waals surface area (Å²) in [4.78, 5) is 8.67. The van der Waals surface area contributed by atoms with Crippen LogP contribution in [0.3, 0.4) is 0 Å². The van der Waals surface area contributed by atoms with Crippen LogP contribution in [0.25, 0.3) is 0 Å². The highest BCUT2D eigenvalue weighted by atomic mass is 16.5. The first-order chi connectivity index (χ1) is 11.3. The van der Waals surface area contributed by atoms with Crippen LogP contribution in [-0.2, 0) is 24.2 Å². The first kappa shape index (κ1) is 17.0. The second-order valence-electron chi connectivity index (χ2n) is 5.25. The Hall–Kier alpha value is -2.34. The van der Waals surface area contributed by atoms with Crippen molar-refractivity contribution in [1.82, 2.24) is 14.9 Å². The van der Waals surface area contributed by atoms with E-state index in [2.05, 4.69) is 44.1 Å². The lowest BCUT2D eigenvalue weighted by Gasteiger charge is -2.08. The highest BCUT2D eigenvalue weighted by molar-refractivity contribution is 5.77. The molecule has 6 heteroatoms. The summed E-state index contributed by atoms with van der Waals surface area (Å²) in [6.07, 6.45) is 5.92. The third-order valence-electron chi connectivity index (χ3n) is 3.51. The van der Waals surface area contributed by atoms with E-state index in [1.54, 1.807) is 7.11 Å². The molecule has 1 heterocycles. The molecule has 6 nitrogen and oxygen atoms in total. The quantitative estimate of drug-likeness (QED) is 0.418. The minimum absolute atomic E-state index is 0.417. The molecule has 0 amide bonds. The molecule has 0 saturated heterocycles. The van der Waals surface area contributed by atoms with E-state index in [9.17, 15) is 0 Å². The second kappa shape index (κ2) is 9.63. The number of nitrogens with zero attached hydrogens (tertiary/aromatic N) is 3. The molecule has 0 aliphatic heterocycles. The second-order valence-corrected chi connectivity index (χ2v) is 5.25. The number of aryl methyl sites for hydroxylation is 2. The normalized spacial score (nSPS) is 11.6. The Morgan fingerprint density at radius 3 is 2.96 bits per heavy atom. The predicted molar refractivity (Wildman–Crippen MR) is 92.2 cm³/mol. The molecule has 0 atom stereocenters. The van der Waals surface area contributed by atoms with Gasteiger partial charge in [0.25, 0.3) is 0 Å². The van der Waals surface area contributed by atoms with E-state index >= 15 is 0 Å². The van der Waals surface area contributed by atoms with Gasteiger partial charge in [-0.25, -0.2) is 9.98 Å². The van der Waals surface area contributed by atoms with E-state index in [4.69, 9.17) is 10.5 Å². The maximum atomic E-state index is 5.80. The van der Waals surface area contributed by atoms with Crippen LogP contribution in [0.15, 0.2) is 47.7 Å². The van der Waals surface area contributed by atoms with Gasteiger partial charge >= 0.3 is 0 Å². The van der Waals surface area contributed by atoms with Gasteiger partial charge in [0.05, 0.1) is 6.61 Å². The average Bonchev–Trinajstić information content (AvgIpc) is 3.02. The van der Waals surface area contributed by atoms with Crippen LogP contribution in [0.1, 0.15) is 17.8 Å². The number of hydrogen-bond donors (Lipinski definition) is 2. The lowest BCUT2D eigenvalue weighted by molar-refractivity contribution is 0.204. The van der Waals surface area contributed by atoms with Crippen molar-refractivity contribution in [1.29, 1.82) is 0 Å². The fourth-order valence-corrected chi connectivity index (χ4v) is 2.29. The number of rotatable bonds is 9. The lowest BCUT2D eigenvalue weighted by Crippen LogP contribution is -2.34. The van der Waals surface area contributed by atoms with E-state index in [1.165, 1.54) is 5.56 Å². The number of ether oxygens (including phenoxy) is 1. The number of methoxy groups -OCH3 is 1. The van der Waals surface area contributed by atoms with Crippen molar-refractivity contribution < 1.29 is 4.74 Å². The van der Waals surface area contributed by atoms with Crippen molar-refractivity contribution in [3.05, 3.63) is 54.1 Å². The van der Waals surface area contributed by atoms with Gasteiger partial charge in [-0.2, -0.15) is 0 Å². The molecule has 23 heavy (non-hydrogen) atoms. The standard InChI is InChI=1S/C17H25N5O/c1-23-13-10-20-17(18)21-14-16-19-9-12-22(16)11-5-8-15-6-3-2-4-7-15/h2-4,6-7,9,12H,5,8,10-11,13-14H2,1H3,(H3,18,20,21). The smallest absolute Gasteiger partial charge is 0.189 e. The number of imidazole rings is 1. The highest BCUT2D eigenvalue weighted by Gasteiger charge is 2.02. The van der Waals surface area contributed by atoms with Crippen molar-refractivity contribution >= 4 is 5.96 Å². The number of nitrogens with one attached hydrogen (secondary N) is 1. The number of nitrogens with two attached hydrogens (primary N) is 1. The van der Waals surface area contributed by atoms with Crippen molar-refractivity contribution in [3.63, 3.8) is 0 Å². The van der Waals surface area contributed by atoms with Gasteiger partial charge < -0.3 is 20.4 Å². The summed E-state index contributed by atoms with van der Waals surface area (Å²) in [7, 11) is 1.65. The fourth-order valence-electron chi connectivity index (χ4n) is 2.29. The van der Waals surface area contributed by atoms with Gasteiger partial charge in [-0.1, -0.05) is 30.3 Å². The van der Waals surface area contributed by atoms with Gasteiger partial charge in [-0.15, -0.1) is 0 Å². The highest BCUT2D eigenvalue weighted by Crippen LogP contribution is 2.06. The zero-order chi connectivity index (χ0) is 16.3. The Bertz CT molecular complexity index is 594. The van der Waals surface area contributed by atoms with Gasteiger partial charge in [-0.3, -0.25) is 0 Å². The number of aromatic nitrogens is 2. The molecule has 1 aromatic heterocycles. The summed E-state index contributed by atoms with van der Waals surface area (Å²) >= 11 is 0. The molecule has 1 aromatic carbocycles. The minimum atomic E-state index is 0.417. The van der Waals surface area contributed by atoms with Crippen LogP contribution in [0, 0.1) is 0 Å². The fraction of sp³-hybridized carbons (Fsp3) is 0.412. The summed E-state index contributed by atoms with van der Waals surface area (Å²) in [5.74, 6) is 1.34. The molecule has 0 unspecified atom stereocenters. The summed E-state index contributed by atoms with van der Waals surface area (Å²) in [6, 6.07) is 10.5. The van der Waals surface area contributed by atoms with Crippen LogP contribution in [0.2, 0.25) is 0 Å². The zero-order valence-corrected chi connectivity index (χ0v) is 13.6. The maximum Gasteiger partial charge on any atom is 0.189 e. The molecule has 2 aromatic rings. The summed E-state index contributed by atoms with van der Waals surface area (Å²) < 4.78 is 7.09. The molecule has 0 spiro atoms. The molecule has 2 rings (SSSR count). The van der Waals surface area contributed by atoms with E-state index in [0.29, 0.717) is 25.7 Å². The number of guanidine groups is 1. The Labute approximate surface area is 137 Å². The minimum Gasteiger partial charge on any atom is -0.383 e. The molecular weight excluding hydrogens is 290 g/mol. The van der Waals surface area contributed by atoms with E-state index in [1.807, 2.05) is 18.5 Å². The third-order valence-corrected chi connectivity index (χ3v) is 3.51. The molecule has 3 N–H and O–H groups in total. The topological polar surface area (TPSA) is 77.5 Å². The third kappa shape index (κ3) is 6.12. The first-order valence-electron chi connectivity index (χ1n) is 7.86. The van der Waals surface area contributed by atoms with Crippen LogP contribution in [0.5, 0.6) is 0 Å². The predicted octanol–water partition coefficient (Wildman–Crippen LogP) is 1.57. The SMILES string of the molecule is COCCNC(N)=NCc1nccn1CCCc1ccccc1. The van der Waals surface area contributed by atoms with E-state index in [0.717, 1.165) is 25.2 Å². The molecule has 0 aliphatic carbocycles. The van der Waals surface area contributed by atoms with Gasteiger partial charge in [0.1, 0.15) is 12.4 Å². The van der Waals surface area contributed by atoms with Crippen molar-refractivity contribution in [2.45, 2.75) is 25.9 Å². The largest absolute Gasteiger partial charge is 0.383 e. The molecule has 0 saturated carbocycles. The summed E-state index contributed by atoms with van der Waals surface area (Å²) in [5.41, 5.74) is 7.16. The molecule has 0 fully saturated rings. The summed E-state index contributed by atoms with van der Waals surface area (Å²) in [6.45, 7) is 2.66. The number of benzene rings is 1. The Morgan fingerprint density at radius 1 is 1.35 bits per heavy atom. The van der Waals surface area contributed by atoms with Crippen LogP contribution >= 0.6 is 0 Å². The van der Waals surface area contributed by atoms with Gasteiger partial charge in [-0.05, 0) is 18.4 Å². The number of hydrogen-bond acceptors (Lipinski definition) is 3. The Kier molecular flexibility index (Phi) is 7.13. The molecule has 0 radical (unpaired) electrons. The molecular formula is C17H25N5O. The van der Waals surface area contributed by atoms with Crippen LogP contribution in [-0.4, -0.2) is 35.8 Å². The van der Waals surface area contributed by atoms with Crippen molar-refractivity contribution in [3.8, 4) is 0 Å². The van der Waals surface area contributed by atoms with Gasteiger partial charge in [0.2, 0.25) is 0 Å². The Morgan fingerprint density at radius 2 is 2.17 bits per heavy atom. The zero-order valence-electron chi connectivity index (χ0n) is 13.6. The van der Waals surface area contributed by atoms with Crippen LogP contribution in [0.4, 0.5) is 0 Å². The maximum absolute atomic E-state index is 5.80. The van der Waals surface area contributed by atoms with E-state index < -0.39 is 0 Å². The Balaban J connectivity index is 1.78. The summed E-state index contributed by atoms with van der Waals surface area (Å²) in [5, 5.41) is 3.00. The number of aliphatic imine (C=N–C) groups is 1. The molecule has 124 valence electrons.